The van der Waals surface area contributed by atoms with Gasteiger partial charge in [0.05, 0.1) is 12.2 Å². The van der Waals surface area contributed by atoms with Gasteiger partial charge in [-0.2, -0.15) is 0 Å². The van der Waals surface area contributed by atoms with Gasteiger partial charge in [-0.05, 0) is 50.8 Å². The zero-order valence-electron chi connectivity index (χ0n) is 12.9. The van der Waals surface area contributed by atoms with Crippen molar-refractivity contribution >= 4 is 6.03 Å². The molecule has 122 valence electrons. The summed E-state index contributed by atoms with van der Waals surface area (Å²) < 4.78 is 31.5. The van der Waals surface area contributed by atoms with Crippen LogP contribution in [0.25, 0.3) is 0 Å². The van der Waals surface area contributed by atoms with Gasteiger partial charge in [0.1, 0.15) is 0 Å². The van der Waals surface area contributed by atoms with Gasteiger partial charge in [0.25, 0.3) is 0 Å². The Bertz CT molecular complexity index is 515. The standard InChI is InChI=1S/C16H22F2N2O2/c1-10-7-13(8-11(2)22-10)20-16(21)19-6-5-12-3-4-14(17)15(18)9-12/h3-4,9-11,13H,5-8H2,1-2H3,(H2,19,20,21)/t10-,11-/m0/s1. The fraction of sp³-hybridized carbons (Fsp3) is 0.562. The topological polar surface area (TPSA) is 50.4 Å². The van der Waals surface area contributed by atoms with Crippen LogP contribution < -0.4 is 10.6 Å². The first kappa shape index (κ1) is 16.7. The van der Waals surface area contributed by atoms with Crippen molar-refractivity contribution in [3.8, 4) is 0 Å². The van der Waals surface area contributed by atoms with Gasteiger partial charge in [0.2, 0.25) is 0 Å². The molecule has 1 heterocycles. The van der Waals surface area contributed by atoms with E-state index in [1.165, 1.54) is 6.07 Å². The van der Waals surface area contributed by atoms with E-state index in [0.717, 1.165) is 25.0 Å². The lowest BCUT2D eigenvalue weighted by Crippen LogP contribution is -2.47. The van der Waals surface area contributed by atoms with Gasteiger partial charge in [-0.3, -0.25) is 0 Å². The van der Waals surface area contributed by atoms with Gasteiger partial charge < -0.3 is 15.4 Å². The molecule has 1 saturated heterocycles. The van der Waals surface area contributed by atoms with Crippen molar-refractivity contribution in [1.29, 1.82) is 0 Å². The molecule has 6 heteroatoms. The molecule has 0 bridgehead atoms. The van der Waals surface area contributed by atoms with E-state index in [1.807, 2.05) is 13.8 Å². The Morgan fingerprint density at radius 3 is 2.55 bits per heavy atom. The van der Waals surface area contributed by atoms with Gasteiger partial charge in [-0.15, -0.1) is 0 Å². The Morgan fingerprint density at radius 1 is 1.23 bits per heavy atom. The van der Waals surface area contributed by atoms with E-state index in [2.05, 4.69) is 10.6 Å². The van der Waals surface area contributed by atoms with Crippen molar-refractivity contribution in [3.05, 3.63) is 35.4 Å². The van der Waals surface area contributed by atoms with Crippen molar-refractivity contribution < 1.29 is 18.3 Å². The Labute approximate surface area is 129 Å². The smallest absolute Gasteiger partial charge is 0.315 e. The average molecular weight is 312 g/mol. The van der Waals surface area contributed by atoms with Crippen LogP contribution >= 0.6 is 0 Å². The van der Waals surface area contributed by atoms with E-state index in [1.54, 1.807) is 0 Å². The number of carbonyl (C=O) groups excluding carboxylic acids is 1. The molecule has 1 aromatic carbocycles. The van der Waals surface area contributed by atoms with E-state index in [-0.39, 0.29) is 24.3 Å². The molecule has 2 atom stereocenters. The highest BCUT2D eigenvalue weighted by Gasteiger charge is 2.25. The molecule has 2 amide bonds. The highest BCUT2D eigenvalue weighted by Crippen LogP contribution is 2.18. The molecular weight excluding hydrogens is 290 g/mol. The monoisotopic (exact) mass is 312 g/mol. The number of benzene rings is 1. The summed E-state index contributed by atoms with van der Waals surface area (Å²) in [6, 6.07) is 3.61. The first-order chi connectivity index (χ1) is 10.4. The Balaban J connectivity index is 1.72. The van der Waals surface area contributed by atoms with Gasteiger partial charge in [-0.25, -0.2) is 13.6 Å². The van der Waals surface area contributed by atoms with Crippen molar-refractivity contribution in [2.75, 3.05) is 6.54 Å². The molecule has 0 saturated carbocycles. The summed E-state index contributed by atoms with van der Waals surface area (Å²) in [5, 5.41) is 5.66. The van der Waals surface area contributed by atoms with Crippen LogP contribution in [0, 0.1) is 11.6 Å². The minimum absolute atomic E-state index is 0.0991. The molecule has 22 heavy (non-hydrogen) atoms. The number of carbonyl (C=O) groups is 1. The third kappa shape index (κ3) is 4.94. The Morgan fingerprint density at radius 2 is 1.91 bits per heavy atom. The van der Waals surface area contributed by atoms with Crippen LogP contribution in [0.2, 0.25) is 0 Å². The van der Waals surface area contributed by atoms with Crippen molar-refractivity contribution in [3.63, 3.8) is 0 Å². The normalized spacial score (nSPS) is 24.8. The van der Waals surface area contributed by atoms with E-state index >= 15 is 0 Å². The van der Waals surface area contributed by atoms with Crippen molar-refractivity contribution in [1.82, 2.24) is 10.6 Å². The highest BCUT2D eigenvalue weighted by molar-refractivity contribution is 5.74. The molecule has 2 rings (SSSR count). The molecule has 0 aromatic heterocycles. The second-order valence-corrected chi connectivity index (χ2v) is 5.82. The van der Waals surface area contributed by atoms with E-state index in [0.29, 0.717) is 18.5 Å². The van der Waals surface area contributed by atoms with Crippen LogP contribution in [0.15, 0.2) is 18.2 Å². The number of hydrogen-bond donors (Lipinski definition) is 2. The second kappa shape index (κ2) is 7.54. The SMILES string of the molecule is C[C@H]1CC(NC(=O)NCCc2ccc(F)c(F)c2)C[C@H](C)O1. The maximum Gasteiger partial charge on any atom is 0.315 e. The summed E-state index contributed by atoms with van der Waals surface area (Å²) >= 11 is 0. The lowest BCUT2D eigenvalue weighted by atomic mass is 10.0. The van der Waals surface area contributed by atoms with Gasteiger partial charge >= 0.3 is 6.03 Å². The van der Waals surface area contributed by atoms with Gasteiger partial charge in [-0.1, -0.05) is 6.07 Å². The fourth-order valence-electron chi connectivity index (χ4n) is 2.78. The summed E-state index contributed by atoms with van der Waals surface area (Å²) in [6.07, 6.45) is 2.31. The van der Waals surface area contributed by atoms with Gasteiger partial charge in [0, 0.05) is 12.6 Å². The predicted octanol–water partition coefficient (Wildman–Crippen LogP) is 2.76. The molecule has 4 nitrogen and oxygen atoms in total. The molecule has 0 radical (unpaired) electrons. The first-order valence-electron chi connectivity index (χ1n) is 7.58. The number of rotatable bonds is 4. The van der Waals surface area contributed by atoms with E-state index in [9.17, 15) is 13.6 Å². The molecule has 2 N–H and O–H groups in total. The average Bonchev–Trinajstić information content (AvgIpc) is 2.41. The van der Waals surface area contributed by atoms with Crippen molar-refractivity contribution in [2.45, 2.75) is 51.4 Å². The molecule has 1 aliphatic rings. The number of ether oxygens (including phenoxy) is 1. The third-order valence-corrected chi connectivity index (χ3v) is 3.72. The highest BCUT2D eigenvalue weighted by atomic mass is 19.2. The fourth-order valence-corrected chi connectivity index (χ4v) is 2.78. The van der Waals surface area contributed by atoms with Crippen LogP contribution in [0.4, 0.5) is 13.6 Å². The third-order valence-electron chi connectivity index (χ3n) is 3.72. The summed E-state index contributed by atoms with van der Waals surface area (Å²) in [5.41, 5.74) is 0.646. The number of urea groups is 1. The lowest BCUT2D eigenvalue weighted by Gasteiger charge is -2.32. The Hall–Kier alpha value is -1.69. The number of hydrogen-bond acceptors (Lipinski definition) is 2. The summed E-state index contributed by atoms with van der Waals surface area (Å²) in [4.78, 5) is 11.8. The van der Waals surface area contributed by atoms with Gasteiger partial charge in [0.15, 0.2) is 11.6 Å². The van der Waals surface area contributed by atoms with Crippen LogP contribution in [0.3, 0.4) is 0 Å². The summed E-state index contributed by atoms with van der Waals surface area (Å²) in [5.74, 6) is -1.73. The Kier molecular flexibility index (Phi) is 5.71. The maximum atomic E-state index is 13.1. The summed E-state index contributed by atoms with van der Waals surface area (Å²) in [6.45, 7) is 4.35. The lowest BCUT2D eigenvalue weighted by molar-refractivity contribution is -0.0402. The number of nitrogens with one attached hydrogen (secondary N) is 2. The van der Waals surface area contributed by atoms with Crippen LogP contribution in [-0.4, -0.2) is 30.8 Å². The molecule has 1 aromatic rings. The van der Waals surface area contributed by atoms with E-state index < -0.39 is 11.6 Å². The molecule has 0 spiro atoms. The summed E-state index contributed by atoms with van der Waals surface area (Å²) in [7, 11) is 0. The number of halogens is 2. The quantitative estimate of drug-likeness (QED) is 0.898. The van der Waals surface area contributed by atoms with E-state index in [4.69, 9.17) is 4.74 Å². The molecular formula is C16H22F2N2O2. The second-order valence-electron chi connectivity index (χ2n) is 5.82. The molecule has 0 unspecified atom stereocenters. The largest absolute Gasteiger partial charge is 0.375 e. The zero-order chi connectivity index (χ0) is 16.1. The zero-order valence-corrected chi connectivity index (χ0v) is 12.9. The first-order valence-corrected chi connectivity index (χ1v) is 7.58. The van der Waals surface area contributed by atoms with Crippen LogP contribution in [0.5, 0.6) is 0 Å². The predicted molar refractivity (Wildman–Crippen MR) is 79.6 cm³/mol. The maximum absolute atomic E-state index is 13.1. The minimum atomic E-state index is -0.868. The molecule has 0 aliphatic carbocycles. The van der Waals surface area contributed by atoms with Crippen LogP contribution in [-0.2, 0) is 11.2 Å². The molecule has 1 aliphatic heterocycles. The number of amides is 2. The van der Waals surface area contributed by atoms with Crippen molar-refractivity contribution in [2.24, 2.45) is 0 Å². The van der Waals surface area contributed by atoms with Crippen LogP contribution in [0.1, 0.15) is 32.3 Å². The molecule has 1 fully saturated rings. The minimum Gasteiger partial charge on any atom is -0.375 e.